The van der Waals surface area contributed by atoms with Gasteiger partial charge in [0, 0.05) is 18.3 Å². The Morgan fingerprint density at radius 2 is 2.10 bits per heavy atom. The molecule has 0 aliphatic carbocycles. The number of ether oxygens (including phenoxy) is 1. The van der Waals surface area contributed by atoms with Crippen LogP contribution in [-0.2, 0) is 0 Å². The van der Waals surface area contributed by atoms with Crippen LogP contribution in [0.15, 0.2) is 41.9 Å². The van der Waals surface area contributed by atoms with Gasteiger partial charge in [0.05, 0.1) is 21.2 Å². The average molecular weight is 290 g/mol. The van der Waals surface area contributed by atoms with Gasteiger partial charge in [-0.2, -0.15) is 0 Å². The largest absolute Gasteiger partial charge is 0.453 e. The number of pyridine rings is 1. The normalized spacial score (nSPS) is 10.7. The fraction of sp³-hybridized carbons (Fsp3) is 0. The number of halogens is 1. The Morgan fingerprint density at radius 1 is 1.25 bits per heavy atom. The molecule has 2 heterocycles. The van der Waals surface area contributed by atoms with E-state index in [9.17, 15) is 14.5 Å². The number of rotatable bonds is 3. The van der Waals surface area contributed by atoms with E-state index >= 15 is 0 Å². The predicted octanol–water partition coefficient (Wildman–Crippen LogP) is 4.14. The maximum absolute atomic E-state index is 13.8. The Morgan fingerprint density at radius 3 is 2.85 bits per heavy atom. The van der Waals surface area contributed by atoms with Crippen molar-refractivity contribution in [2.24, 2.45) is 0 Å². The highest BCUT2D eigenvalue weighted by Gasteiger charge is 2.13. The molecule has 0 unspecified atom stereocenters. The van der Waals surface area contributed by atoms with Crippen molar-refractivity contribution in [1.82, 2.24) is 4.98 Å². The molecule has 3 rings (SSSR count). The second-order valence-electron chi connectivity index (χ2n) is 3.92. The van der Waals surface area contributed by atoms with Crippen molar-refractivity contribution in [1.29, 1.82) is 0 Å². The summed E-state index contributed by atoms with van der Waals surface area (Å²) in [4.78, 5) is 14.0. The van der Waals surface area contributed by atoms with Crippen LogP contribution in [0, 0.1) is 15.9 Å². The van der Waals surface area contributed by atoms with Crippen LogP contribution in [0.25, 0.3) is 10.2 Å². The summed E-state index contributed by atoms with van der Waals surface area (Å²) in [5.74, 6) is -0.366. The Bertz CT molecular complexity index is 803. The fourth-order valence-corrected chi connectivity index (χ4v) is 2.53. The van der Waals surface area contributed by atoms with Crippen LogP contribution in [0.3, 0.4) is 0 Å². The molecule has 0 fully saturated rings. The lowest BCUT2D eigenvalue weighted by Crippen LogP contribution is -1.92. The molecule has 0 radical (unpaired) electrons. The molecule has 1 aromatic carbocycles. The number of aromatic nitrogens is 1. The lowest BCUT2D eigenvalue weighted by atomic mass is 10.3. The summed E-state index contributed by atoms with van der Waals surface area (Å²) in [6.07, 6.45) is 1.56. The highest BCUT2D eigenvalue weighted by Crippen LogP contribution is 2.34. The molecule has 100 valence electrons. The standard InChI is InChI=1S/C13H7FN2O3S/c14-9-7-8(16(17)18)1-2-11(9)19-12-3-5-15-10-4-6-20-13(10)12/h1-7H. The topological polar surface area (TPSA) is 65.3 Å². The van der Waals surface area contributed by atoms with Crippen molar-refractivity contribution >= 4 is 27.2 Å². The van der Waals surface area contributed by atoms with E-state index in [2.05, 4.69) is 4.98 Å². The summed E-state index contributed by atoms with van der Waals surface area (Å²) in [6, 6.07) is 6.74. The number of nitrogens with zero attached hydrogens (tertiary/aromatic N) is 2. The SMILES string of the molecule is O=[N+]([O-])c1ccc(Oc2ccnc3ccsc23)c(F)c1. The zero-order valence-electron chi connectivity index (χ0n) is 9.95. The van der Waals surface area contributed by atoms with Crippen LogP contribution in [0.2, 0.25) is 0 Å². The maximum Gasteiger partial charge on any atom is 0.272 e. The van der Waals surface area contributed by atoms with E-state index in [0.29, 0.717) is 5.75 Å². The van der Waals surface area contributed by atoms with Crippen molar-refractivity contribution < 1.29 is 14.1 Å². The maximum atomic E-state index is 13.8. The molecule has 0 N–H and O–H groups in total. The van der Waals surface area contributed by atoms with Gasteiger partial charge in [0.1, 0.15) is 5.75 Å². The third-order valence-electron chi connectivity index (χ3n) is 2.65. The van der Waals surface area contributed by atoms with Gasteiger partial charge in [0.25, 0.3) is 5.69 Å². The summed E-state index contributed by atoms with van der Waals surface area (Å²) in [7, 11) is 0. The zero-order valence-corrected chi connectivity index (χ0v) is 10.8. The average Bonchev–Trinajstić information content (AvgIpc) is 2.90. The second kappa shape index (κ2) is 4.86. The van der Waals surface area contributed by atoms with E-state index in [-0.39, 0.29) is 11.4 Å². The Labute approximate surface area is 116 Å². The number of thiophene rings is 1. The molecular formula is C13H7FN2O3S. The number of hydrogen-bond acceptors (Lipinski definition) is 5. The number of hydrogen-bond donors (Lipinski definition) is 0. The van der Waals surface area contributed by atoms with Crippen molar-refractivity contribution in [3.05, 3.63) is 57.8 Å². The quantitative estimate of drug-likeness (QED) is 0.537. The van der Waals surface area contributed by atoms with E-state index in [4.69, 9.17) is 4.74 Å². The minimum Gasteiger partial charge on any atom is -0.453 e. The van der Waals surface area contributed by atoms with Gasteiger partial charge in [0.2, 0.25) is 0 Å². The van der Waals surface area contributed by atoms with Crippen molar-refractivity contribution in [3.8, 4) is 11.5 Å². The van der Waals surface area contributed by atoms with Crippen LogP contribution in [-0.4, -0.2) is 9.91 Å². The lowest BCUT2D eigenvalue weighted by Gasteiger charge is -2.07. The van der Waals surface area contributed by atoms with E-state index < -0.39 is 10.7 Å². The molecule has 0 aliphatic rings. The van der Waals surface area contributed by atoms with E-state index in [0.717, 1.165) is 16.3 Å². The fourth-order valence-electron chi connectivity index (χ4n) is 1.73. The van der Waals surface area contributed by atoms with Crippen LogP contribution < -0.4 is 4.74 Å². The number of nitro benzene ring substituents is 1. The molecule has 0 bridgehead atoms. The first kappa shape index (κ1) is 12.5. The van der Waals surface area contributed by atoms with E-state index in [1.165, 1.54) is 23.5 Å². The minimum absolute atomic E-state index is 0.0588. The smallest absolute Gasteiger partial charge is 0.272 e. The lowest BCUT2D eigenvalue weighted by molar-refractivity contribution is -0.385. The first-order chi connectivity index (χ1) is 9.65. The monoisotopic (exact) mass is 290 g/mol. The van der Waals surface area contributed by atoms with Crippen molar-refractivity contribution in [2.75, 3.05) is 0 Å². The summed E-state index contributed by atoms with van der Waals surface area (Å²) in [5.41, 5.74) is 0.445. The Kier molecular flexibility index (Phi) is 3.03. The molecule has 3 aromatic rings. The number of benzene rings is 1. The van der Waals surface area contributed by atoms with Gasteiger partial charge in [0.15, 0.2) is 11.6 Å². The summed E-state index contributed by atoms with van der Waals surface area (Å²) < 4.78 is 20.1. The van der Waals surface area contributed by atoms with Gasteiger partial charge in [-0.15, -0.1) is 11.3 Å². The highest BCUT2D eigenvalue weighted by molar-refractivity contribution is 7.17. The first-order valence-corrected chi connectivity index (χ1v) is 6.47. The van der Waals surface area contributed by atoms with E-state index in [1.54, 1.807) is 12.3 Å². The molecule has 20 heavy (non-hydrogen) atoms. The number of nitro groups is 1. The Hall–Kier alpha value is -2.54. The van der Waals surface area contributed by atoms with Crippen LogP contribution in [0.4, 0.5) is 10.1 Å². The van der Waals surface area contributed by atoms with Gasteiger partial charge < -0.3 is 4.74 Å². The molecular weight excluding hydrogens is 283 g/mol. The second-order valence-corrected chi connectivity index (χ2v) is 4.83. The van der Waals surface area contributed by atoms with E-state index in [1.807, 2.05) is 11.4 Å². The van der Waals surface area contributed by atoms with Crippen molar-refractivity contribution in [2.45, 2.75) is 0 Å². The summed E-state index contributed by atoms with van der Waals surface area (Å²) >= 11 is 1.43. The van der Waals surface area contributed by atoms with Crippen molar-refractivity contribution in [3.63, 3.8) is 0 Å². The van der Waals surface area contributed by atoms with Gasteiger partial charge >= 0.3 is 0 Å². The van der Waals surface area contributed by atoms with Crippen LogP contribution >= 0.6 is 11.3 Å². The van der Waals surface area contributed by atoms with Crippen LogP contribution in [0.5, 0.6) is 11.5 Å². The molecule has 2 aromatic heterocycles. The molecule has 0 spiro atoms. The Balaban J connectivity index is 1.99. The molecule has 0 atom stereocenters. The third-order valence-corrected chi connectivity index (χ3v) is 3.57. The van der Waals surface area contributed by atoms with Gasteiger partial charge in [-0.25, -0.2) is 4.39 Å². The molecule has 0 saturated carbocycles. The molecule has 5 nitrogen and oxygen atoms in total. The molecule has 0 saturated heterocycles. The predicted molar refractivity (Wildman–Crippen MR) is 72.7 cm³/mol. The molecule has 7 heteroatoms. The number of non-ortho nitro benzene ring substituents is 1. The number of fused-ring (bicyclic) bond motifs is 1. The molecule has 0 aliphatic heterocycles. The zero-order chi connectivity index (χ0) is 14.1. The summed E-state index contributed by atoms with van der Waals surface area (Å²) in [6.45, 7) is 0. The van der Waals surface area contributed by atoms with Gasteiger partial charge in [-0.3, -0.25) is 15.1 Å². The van der Waals surface area contributed by atoms with Gasteiger partial charge in [-0.05, 0) is 17.5 Å². The van der Waals surface area contributed by atoms with Crippen LogP contribution in [0.1, 0.15) is 0 Å². The highest BCUT2D eigenvalue weighted by atomic mass is 32.1. The summed E-state index contributed by atoms with van der Waals surface area (Å²) in [5, 5.41) is 12.4. The molecule has 0 amide bonds. The van der Waals surface area contributed by atoms with Gasteiger partial charge in [-0.1, -0.05) is 0 Å². The minimum atomic E-state index is -0.777. The third kappa shape index (κ3) is 2.19. The first-order valence-electron chi connectivity index (χ1n) is 5.59.